The van der Waals surface area contributed by atoms with Gasteiger partial charge in [-0.25, -0.2) is 4.39 Å². The fourth-order valence-corrected chi connectivity index (χ4v) is 2.34. The van der Waals surface area contributed by atoms with Gasteiger partial charge in [-0.3, -0.25) is 11.3 Å². The van der Waals surface area contributed by atoms with Gasteiger partial charge in [0.15, 0.2) is 0 Å². The van der Waals surface area contributed by atoms with E-state index in [4.69, 9.17) is 5.84 Å². The largest absolute Gasteiger partial charge is 0.271 e. The average Bonchev–Trinajstić information content (AvgIpc) is 2.21. The Hall–Kier alpha value is -0.450. The molecule has 4 heteroatoms. The van der Waals surface area contributed by atoms with Crippen molar-refractivity contribution in [3.63, 3.8) is 0 Å². The van der Waals surface area contributed by atoms with Gasteiger partial charge < -0.3 is 0 Å². The van der Waals surface area contributed by atoms with Crippen LogP contribution in [0.4, 0.5) is 4.39 Å². The molecule has 0 amide bonds. The number of rotatable bonds is 4. The average molecular weight is 287 g/mol. The van der Waals surface area contributed by atoms with Crippen molar-refractivity contribution in [1.82, 2.24) is 5.43 Å². The van der Waals surface area contributed by atoms with Crippen LogP contribution in [-0.4, -0.2) is 0 Å². The van der Waals surface area contributed by atoms with Crippen LogP contribution in [0.5, 0.6) is 0 Å². The summed E-state index contributed by atoms with van der Waals surface area (Å²) in [6.07, 6.45) is 4.86. The molecule has 0 saturated heterocycles. The summed E-state index contributed by atoms with van der Waals surface area (Å²) in [5, 5.41) is 0. The molecule has 0 spiro atoms. The molecule has 1 saturated carbocycles. The lowest BCUT2D eigenvalue weighted by molar-refractivity contribution is 0.261. The number of hydrogen-bond acceptors (Lipinski definition) is 2. The summed E-state index contributed by atoms with van der Waals surface area (Å²) in [5.41, 5.74) is 3.71. The third-order valence-corrected chi connectivity index (χ3v) is 3.98. The summed E-state index contributed by atoms with van der Waals surface area (Å²) in [5.74, 6) is 6.05. The first-order chi connectivity index (χ1) is 7.70. The molecule has 16 heavy (non-hydrogen) atoms. The number of nitrogens with one attached hydrogen (secondary N) is 1. The third-order valence-electron chi connectivity index (χ3n) is 3.34. The molecule has 0 bridgehead atoms. The van der Waals surface area contributed by atoms with Crippen molar-refractivity contribution in [2.24, 2.45) is 11.8 Å². The lowest BCUT2D eigenvalue weighted by atomic mass is 9.80. The van der Waals surface area contributed by atoms with E-state index in [0.717, 1.165) is 17.9 Å². The van der Waals surface area contributed by atoms with Crippen LogP contribution in [0.1, 0.15) is 37.3 Å². The Balaban J connectivity index is 2.09. The highest BCUT2D eigenvalue weighted by Gasteiger charge is 2.22. The van der Waals surface area contributed by atoms with Crippen LogP contribution in [0.25, 0.3) is 0 Å². The Morgan fingerprint density at radius 1 is 1.50 bits per heavy atom. The van der Waals surface area contributed by atoms with Crippen molar-refractivity contribution >= 4 is 15.9 Å². The summed E-state index contributed by atoms with van der Waals surface area (Å²) in [6, 6.07) is 5.26. The maximum absolute atomic E-state index is 13.4. The highest BCUT2D eigenvalue weighted by atomic mass is 79.9. The summed E-state index contributed by atoms with van der Waals surface area (Å²) >= 11 is 3.15. The van der Waals surface area contributed by atoms with Gasteiger partial charge in [-0.15, -0.1) is 0 Å². The van der Waals surface area contributed by atoms with Gasteiger partial charge in [-0.1, -0.05) is 25.3 Å². The normalized spacial score (nSPS) is 18.2. The fourth-order valence-electron chi connectivity index (χ4n) is 2.09. The second-order valence-electron chi connectivity index (χ2n) is 4.43. The van der Waals surface area contributed by atoms with Gasteiger partial charge in [-0.2, -0.15) is 0 Å². The van der Waals surface area contributed by atoms with Crippen LogP contribution in [0, 0.1) is 11.7 Å². The molecule has 2 rings (SSSR count). The van der Waals surface area contributed by atoms with Gasteiger partial charge in [-0.05, 0) is 46.0 Å². The number of hydrogen-bond donors (Lipinski definition) is 2. The van der Waals surface area contributed by atoms with Crippen molar-refractivity contribution in [3.8, 4) is 0 Å². The zero-order chi connectivity index (χ0) is 11.5. The van der Waals surface area contributed by atoms with E-state index in [1.165, 1.54) is 19.3 Å². The van der Waals surface area contributed by atoms with E-state index in [1.807, 2.05) is 6.07 Å². The van der Waals surface area contributed by atoms with Crippen LogP contribution in [0.3, 0.4) is 0 Å². The van der Waals surface area contributed by atoms with Crippen LogP contribution in [0.2, 0.25) is 0 Å². The molecule has 0 aromatic heterocycles. The second kappa shape index (κ2) is 5.25. The van der Waals surface area contributed by atoms with Crippen molar-refractivity contribution in [3.05, 3.63) is 34.1 Å². The van der Waals surface area contributed by atoms with Gasteiger partial charge in [0.1, 0.15) is 5.82 Å². The minimum absolute atomic E-state index is 0.0629. The lowest BCUT2D eigenvalue weighted by Gasteiger charge is -2.29. The smallest absolute Gasteiger partial charge is 0.137 e. The second-order valence-corrected chi connectivity index (χ2v) is 5.28. The van der Waals surface area contributed by atoms with E-state index < -0.39 is 0 Å². The fraction of sp³-hybridized carbons (Fsp3) is 0.500. The van der Waals surface area contributed by atoms with E-state index in [1.54, 1.807) is 12.1 Å². The first-order valence-corrected chi connectivity index (χ1v) is 6.41. The first-order valence-electron chi connectivity index (χ1n) is 5.62. The maximum atomic E-state index is 13.4. The van der Waals surface area contributed by atoms with Crippen molar-refractivity contribution < 1.29 is 4.39 Å². The highest BCUT2D eigenvalue weighted by Crippen LogP contribution is 2.34. The molecule has 1 aromatic carbocycles. The molecule has 1 atom stereocenters. The molecule has 88 valence electrons. The Bertz CT molecular complexity index is 366. The summed E-state index contributed by atoms with van der Waals surface area (Å²) in [7, 11) is 0. The standard InChI is InChI=1S/C12H16BrFN2/c13-10-5-4-9(7-11(10)14)12(16-15)6-8-2-1-3-8/h4-5,7-8,12,16H,1-3,6,15H2. The van der Waals surface area contributed by atoms with Crippen LogP contribution < -0.4 is 11.3 Å². The Morgan fingerprint density at radius 3 is 2.75 bits per heavy atom. The van der Waals surface area contributed by atoms with Gasteiger partial charge in [0.05, 0.1) is 4.47 Å². The molecule has 2 nitrogen and oxygen atoms in total. The number of nitrogens with two attached hydrogens (primary N) is 1. The molecule has 1 unspecified atom stereocenters. The summed E-state index contributed by atoms with van der Waals surface area (Å²) in [4.78, 5) is 0. The van der Waals surface area contributed by atoms with Crippen molar-refractivity contribution in [2.75, 3.05) is 0 Å². The van der Waals surface area contributed by atoms with E-state index in [-0.39, 0.29) is 11.9 Å². The van der Waals surface area contributed by atoms with E-state index >= 15 is 0 Å². The predicted octanol–water partition coefficient (Wildman–Crippen LogP) is 3.28. The maximum Gasteiger partial charge on any atom is 0.137 e. The van der Waals surface area contributed by atoms with E-state index in [9.17, 15) is 4.39 Å². The molecule has 1 aliphatic rings. The van der Waals surface area contributed by atoms with E-state index in [2.05, 4.69) is 21.4 Å². The van der Waals surface area contributed by atoms with Crippen molar-refractivity contribution in [2.45, 2.75) is 31.7 Å². The van der Waals surface area contributed by atoms with Gasteiger partial charge in [0.2, 0.25) is 0 Å². The van der Waals surface area contributed by atoms with Crippen molar-refractivity contribution in [1.29, 1.82) is 0 Å². The molecule has 0 aliphatic heterocycles. The monoisotopic (exact) mass is 286 g/mol. The Morgan fingerprint density at radius 2 is 2.25 bits per heavy atom. The zero-order valence-electron chi connectivity index (χ0n) is 9.05. The quantitative estimate of drug-likeness (QED) is 0.659. The Labute approximate surface area is 104 Å². The molecule has 0 radical (unpaired) electrons. The van der Waals surface area contributed by atoms with E-state index in [0.29, 0.717) is 4.47 Å². The minimum atomic E-state index is -0.230. The zero-order valence-corrected chi connectivity index (χ0v) is 10.6. The molecular weight excluding hydrogens is 271 g/mol. The SMILES string of the molecule is NNC(CC1CCC1)c1ccc(Br)c(F)c1. The predicted molar refractivity (Wildman–Crippen MR) is 66.1 cm³/mol. The first kappa shape index (κ1) is 12.0. The van der Waals surface area contributed by atoms with Crippen LogP contribution in [-0.2, 0) is 0 Å². The van der Waals surface area contributed by atoms with Crippen LogP contribution in [0.15, 0.2) is 22.7 Å². The molecular formula is C12H16BrFN2. The number of benzene rings is 1. The van der Waals surface area contributed by atoms with Gasteiger partial charge >= 0.3 is 0 Å². The number of halogens is 2. The topological polar surface area (TPSA) is 38.0 Å². The summed E-state index contributed by atoms with van der Waals surface area (Å²) in [6.45, 7) is 0. The van der Waals surface area contributed by atoms with Gasteiger partial charge in [0.25, 0.3) is 0 Å². The van der Waals surface area contributed by atoms with Gasteiger partial charge in [0, 0.05) is 6.04 Å². The molecule has 1 aliphatic carbocycles. The Kier molecular flexibility index (Phi) is 3.95. The van der Waals surface area contributed by atoms with Crippen LogP contribution >= 0.6 is 15.9 Å². The lowest BCUT2D eigenvalue weighted by Crippen LogP contribution is -2.31. The number of hydrazine groups is 1. The third kappa shape index (κ3) is 2.62. The molecule has 0 heterocycles. The molecule has 1 fully saturated rings. The highest BCUT2D eigenvalue weighted by molar-refractivity contribution is 9.10. The molecule has 1 aromatic rings. The summed E-state index contributed by atoms with van der Waals surface area (Å²) < 4.78 is 13.9. The molecule has 3 N–H and O–H groups in total. The minimum Gasteiger partial charge on any atom is -0.271 e.